The summed E-state index contributed by atoms with van der Waals surface area (Å²) < 4.78 is 1.89. The summed E-state index contributed by atoms with van der Waals surface area (Å²) >= 11 is 0. The number of rotatable bonds is 0. The first-order valence-electron chi connectivity index (χ1n) is 1.81. The van der Waals surface area contributed by atoms with Gasteiger partial charge in [0.1, 0.15) is 0 Å². The molecule has 2 nitrogen and oxygen atoms in total. The van der Waals surface area contributed by atoms with Crippen LogP contribution in [0.4, 0.5) is 0 Å². The van der Waals surface area contributed by atoms with E-state index in [1.807, 2.05) is 17.8 Å². The first-order chi connectivity index (χ1) is 2.89. The Balaban J connectivity index is 0.000000360. The standard InChI is InChI=1S/C4H6N2.Fe/c1-6-3-2-5-4-6;/h2-4H,1H3;. The molecule has 0 N–H and O–H groups in total. The third-order valence-corrected chi connectivity index (χ3v) is 0.637. The van der Waals surface area contributed by atoms with Gasteiger partial charge in [-0.1, -0.05) is 0 Å². The van der Waals surface area contributed by atoms with E-state index in [-0.39, 0.29) is 17.1 Å². The van der Waals surface area contributed by atoms with E-state index in [0.717, 1.165) is 0 Å². The fourth-order valence-electron chi connectivity index (χ4n) is 0.326. The van der Waals surface area contributed by atoms with E-state index in [2.05, 4.69) is 4.98 Å². The van der Waals surface area contributed by atoms with Crippen LogP contribution in [0.25, 0.3) is 0 Å². The minimum absolute atomic E-state index is 0. The van der Waals surface area contributed by atoms with E-state index in [0.29, 0.717) is 0 Å². The van der Waals surface area contributed by atoms with Crippen LogP contribution in [0, 0.1) is 0 Å². The van der Waals surface area contributed by atoms with Gasteiger partial charge >= 0.3 is 0 Å². The summed E-state index contributed by atoms with van der Waals surface area (Å²) in [5, 5.41) is 0. The Bertz CT molecular complexity index is 113. The number of aromatic nitrogens is 2. The average Bonchev–Trinajstić information content (AvgIpc) is 1.86. The fraction of sp³-hybridized carbons (Fsp3) is 0.250. The molecule has 0 aromatic carbocycles. The molecule has 3 heteroatoms. The first kappa shape index (κ1) is 6.73. The van der Waals surface area contributed by atoms with Crippen LogP contribution < -0.4 is 0 Å². The van der Waals surface area contributed by atoms with Gasteiger partial charge in [-0.05, 0) is 0 Å². The minimum Gasteiger partial charge on any atom is -0.341 e. The molecule has 0 aliphatic carbocycles. The zero-order valence-corrected chi connectivity index (χ0v) is 5.08. The van der Waals surface area contributed by atoms with Crippen LogP contribution in [0.15, 0.2) is 18.7 Å². The molecule has 0 atom stereocenters. The average molecular weight is 138 g/mol. The Morgan fingerprint density at radius 3 is 2.43 bits per heavy atom. The second kappa shape index (κ2) is 2.83. The topological polar surface area (TPSA) is 17.8 Å². The van der Waals surface area contributed by atoms with Gasteiger partial charge in [0.05, 0.1) is 6.33 Å². The van der Waals surface area contributed by atoms with Crippen molar-refractivity contribution < 1.29 is 17.1 Å². The van der Waals surface area contributed by atoms with Crippen LogP contribution in [-0.4, -0.2) is 9.55 Å². The molecule has 0 aliphatic heterocycles. The zero-order chi connectivity index (χ0) is 4.41. The number of imidazole rings is 1. The quantitative estimate of drug-likeness (QED) is 0.475. The minimum atomic E-state index is 0. The summed E-state index contributed by atoms with van der Waals surface area (Å²) in [4.78, 5) is 3.78. The molecule has 0 amide bonds. The number of hydrogen-bond acceptors (Lipinski definition) is 1. The predicted octanol–water partition coefficient (Wildman–Crippen LogP) is 0.418. The Labute approximate surface area is 53.0 Å². The zero-order valence-electron chi connectivity index (χ0n) is 3.98. The molecule has 0 aliphatic rings. The molecule has 0 spiro atoms. The van der Waals surface area contributed by atoms with Gasteiger partial charge < -0.3 is 4.57 Å². The Hall–Kier alpha value is -0.271. The monoisotopic (exact) mass is 138 g/mol. The van der Waals surface area contributed by atoms with Gasteiger partial charge in [-0.2, -0.15) is 0 Å². The number of aryl methyl sites for hydroxylation is 1. The van der Waals surface area contributed by atoms with Gasteiger partial charge in [0.2, 0.25) is 0 Å². The molecule has 0 radical (unpaired) electrons. The molecule has 1 heterocycles. The van der Waals surface area contributed by atoms with E-state index in [1.165, 1.54) is 0 Å². The maximum Gasteiger partial charge on any atom is 0.0943 e. The van der Waals surface area contributed by atoms with Crippen LogP contribution >= 0.6 is 0 Å². The van der Waals surface area contributed by atoms with E-state index >= 15 is 0 Å². The Morgan fingerprint density at radius 2 is 2.29 bits per heavy atom. The van der Waals surface area contributed by atoms with Gasteiger partial charge in [0.25, 0.3) is 0 Å². The molecule has 0 fully saturated rings. The molecule has 1 aromatic rings. The maximum absolute atomic E-state index is 3.78. The third-order valence-electron chi connectivity index (χ3n) is 0.637. The summed E-state index contributed by atoms with van der Waals surface area (Å²) in [6, 6.07) is 0. The summed E-state index contributed by atoms with van der Waals surface area (Å²) in [5.41, 5.74) is 0. The molecule has 40 valence electrons. The number of nitrogens with zero attached hydrogens (tertiary/aromatic N) is 2. The van der Waals surface area contributed by atoms with Crippen molar-refractivity contribution in [1.82, 2.24) is 9.55 Å². The van der Waals surface area contributed by atoms with Crippen LogP contribution in [0.5, 0.6) is 0 Å². The molecule has 1 aromatic heterocycles. The second-order valence-electron chi connectivity index (χ2n) is 1.23. The van der Waals surface area contributed by atoms with Gasteiger partial charge in [-0.15, -0.1) is 0 Å². The van der Waals surface area contributed by atoms with E-state index in [9.17, 15) is 0 Å². The Morgan fingerprint density at radius 1 is 1.57 bits per heavy atom. The fourth-order valence-corrected chi connectivity index (χ4v) is 0.326. The molecular weight excluding hydrogens is 132 g/mol. The van der Waals surface area contributed by atoms with Crippen LogP contribution in [-0.2, 0) is 24.1 Å². The molecule has 1 rings (SSSR count). The molecule has 0 saturated carbocycles. The van der Waals surface area contributed by atoms with Crippen molar-refractivity contribution in [3.63, 3.8) is 0 Å². The van der Waals surface area contributed by atoms with E-state index < -0.39 is 0 Å². The third kappa shape index (κ3) is 1.76. The van der Waals surface area contributed by atoms with Gasteiger partial charge in [0.15, 0.2) is 0 Å². The van der Waals surface area contributed by atoms with Crippen molar-refractivity contribution in [3.8, 4) is 0 Å². The summed E-state index contributed by atoms with van der Waals surface area (Å²) in [7, 11) is 1.94. The van der Waals surface area contributed by atoms with Crippen molar-refractivity contribution in [1.29, 1.82) is 0 Å². The SMILES string of the molecule is Cn1ccnc1.[Fe]. The Kier molecular flexibility index (Phi) is 2.72. The molecule has 0 saturated heterocycles. The normalized spacial score (nSPS) is 7.57. The summed E-state index contributed by atoms with van der Waals surface area (Å²) in [5.74, 6) is 0. The van der Waals surface area contributed by atoms with Gasteiger partial charge in [-0.3, -0.25) is 0 Å². The largest absolute Gasteiger partial charge is 0.341 e. The summed E-state index contributed by atoms with van der Waals surface area (Å²) in [6.45, 7) is 0. The summed E-state index contributed by atoms with van der Waals surface area (Å²) in [6.07, 6.45) is 5.39. The van der Waals surface area contributed by atoms with Crippen molar-refractivity contribution in [2.75, 3.05) is 0 Å². The van der Waals surface area contributed by atoms with E-state index in [4.69, 9.17) is 0 Å². The smallest absolute Gasteiger partial charge is 0.0943 e. The van der Waals surface area contributed by atoms with Crippen molar-refractivity contribution in [3.05, 3.63) is 18.7 Å². The van der Waals surface area contributed by atoms with Crippen LogP contribution in [0.1, 0.15) is 0 Å². The van der Waals surface area contributed by atoms with Crippen molar-refractivity contribution in [2.45, 2.75) is 0 Å². The molecular formula is C4H6FeN2. The van der Waals surface area contributed by atoms with E-state index in [1.54, 1.807) is 12.5 Å². The van der Waals surface area contributed by atoms with Crippen molar-refractivity contribution >= 4 is 0 Å². The van der Waals surface area contributed by atoms with Gasteiger partial charge in [0, 0.05) is 36.5 Å². The molecule has 0 unspecified atom stereocenters. The molecule has 7 heavy (non-hydrogen) atoms. The number of hydrogen-bond donors (Lipinski definition) is 0. The predicted molar refractivity (Wildman–Crippen MR) is 23.2 cm³/mol. The van der Waals surface area contributed by atoms with Crippen molar-refractivity contribution in [2.24, 2.45) is 7.05 Å². The van der Waals surface area contributed by atoms with Crippen LogP contribution in [0.2, 0.25) is 0 Å². The molecule has 0 bridgehead atoms. The second-order valence-corrected chi connectivity index (χ2v) is 1.23. The van der Waals surface area contributed by atoms with Gasteiger partial charge in [-0.25, -0.2) is 4.98 Å². The van der Waals surface area contributed by atoms with Crippen LogP contribution in [0.3, 0.4) is 0 Å². The first-order valence-corrected chi connectivity index (χ1v) is 1.81. The maximum atomic E-state index is 3.78.